The Hall–Kier alpha value is -3.68. The summed E-state index contributed by atoms with van der Waals surface area (Å²) in [5.74, 6) is -1.73. The van der Waals surface area contributed by atoms with Crippen molar-refractivity contribution in [2.24, 2.45) is 7.05 Å². The quantitative estimate of drug-likeness (QED) is 0.428. The first kappa shape index (κ1) is 24.0. The largest absolute Gasteiger partial charge is 0.456 e. The second kappa shape index (κ2) is 9.85. The van der Waals surface area contributed by atoms with Crippen LogP contribution in [0, 0.1) is 5.82 Å². The summed E-state index contributed by atoms with van der Waals surface area (Å²) in [7, 11) is 1.89. The molecule has 0 fully saturated rings. The van der Waals surface area contributed by atoms with Crippen molar-refractivity contribution >= 4 is 28.7 Å². The van der Waals surface area contributed by atoms with Crippen molar-refractivity contribution in [3.8, 4) is 0 Å². The Morgan fingerprint density at radius 1 is 1.06 bits per heavy atom. The average molecular weight is 454 g/mol. The molecule has 8 heteroatoms. The monoisotopic (exact) mass is 454 g/mol. The fraction of sp³-hybridized carbons (Fsp3) is 0.320. The lowest BCUT2D eigenvalue weighted by Crippen LogP contribution is -2.45. The average Bonchev–Trinajstić information content (AvgIpc) is 3.06. The number of alkyl carbamates (subject to hydrolysis) is 1. The van der Waals surface area contributed by atoms with Crippen molar-refractivity contribution in [3.05, 3.63) is 71.7 Å². The number of carbonyl (C=O) groups excluding carboxylic acids is 3. The first-order chi connectivity index (χ1) is 15.5. The number of carbonyl (C=O) groups is 3. The van der Waals surface area contributed by atoms with E-state index in [-0.39, 0.29) is 12.0 Å². The van der Waals surface area contributed by atoms with Crippen LogP contribution in [0.1, 0.15) is 36.7 Å². The smallest absolute Gasteiger partial charge is 0.408 e. The molecule has 0 radical (unpaired) electrons. The fourth-order valence-electron chi connectivity index (χ4n) is 3.41. The predicted molar refractivity (Wildman–Crippen MR) is 121 cm³/mol. The number of hydrogen-bond acceptors (Lipinski definition) is 5. The van der Waals surface area contributed by atoms with Crippen LogP contribution in [0.3, 0.4) is 0 Å². The van der Waals surface area contributed by atoms with Gasteiger partial charge in [0.05, 0.1) is 0 Å². The number of Topliss-reactive ketones (excluding diaryl/α,β-unsaturated/α-hetero) is 1. The lowest BCUT2D eigenvalue weighted by Gasteiger charge is -2.23. The number of nitrogens with zero attached hydrogens (tertiary/aromatic N) is 1. The molecule has 3 aromatic rings. The SMILES string of the molecule is Cn1cc(C[C@@H](NC(=O)OC(C)(C)C)C(=O)OCC(=O)c2ccc(F)cc2)c2ccccc21. The molecule has 1 atom stereocenters. The molecule has 1 N–H and O–H groups in total. The van der Waals surface area contributed by atoms with E-state index >= 15 is 0 Å². The van der Waals surface area contributed by atoms with Crippen LogP contribution in [-0.2, 0) is 27.7 Å². The number of amides is 1. The van der Waals surface area contributed by atoms with Gasteiger partial charge in [0.2, 0.25) is 0 Å². The van der Waals surface area contributed by atoms with E-state index in [4.69, 9.17) is 9.47 Å². The summed E-state index contributed by atoms with van der Waals surface area (Å²) in [5.41, 5.74) is 1.27. The van der Waals surface area contributed by atoms with Gasteiger partial charge in [-0.05, 0) is 56.7 Å². The van der Waals surface area contributed by atoms with Crippen LogP contribution in [-0.4, -0.2) is 40.7 Å². The zero-order valence-corrected chi connectivity index (χ0v) is 19.1. The number of para-hydroxylation sites is 1. The van der Waals surface area contributed by atoms with E-state index in [1.807, 2.05) is 42.1 Å². The van der Waals surface area contributed by atoms with Crippen LogP contribution >= 0.6 is 0 Å². The maximum Gasteiger partial charge on any atom is 0.408 e. The van der Waals surface area contributed by atoms with Gasteiger partial charge in [0, 0.05) is 36.1 Å². The van der Waals surface area contributed by atoms with Gasteiger partial charge >= 0.3 is 12.1 Å². The van der Waals surface area contributed by atoms with Crippen molar-refractivity contribution in [2.45, 2.75) is 38.8 Å². The van der Waals surface area contributed by atoms with Crippen molar-refractivity contribution in [1.82, 2.24) is 9.88 Å². The van der Waals surface area contributed by atoms with Crippen LogP contribution in [0.5, 0.6) is 0 Å². The van der Waals surface area contributed by atoms with E-state index in [2.05, 4.69) is 5.32 Å². The lowest BCUT2D eigenvalue weighted by atomic mass is 10.1. The number of ether oxygens (including phenoxy) is 2. The Bertz CT molecular complexity index is 1160. The van der Waals surface area contributed by atoms with Crippen molar-refractivity contribution in [3.63, 3.8) is 0 Å². The molecule has 3 rings (SSSR count). The van der Waals surface area contributed by atoms with Crippen molar-refractivity contribution < 1.29 is 28.2 Å². The van der Waals surface area contributed by atoms with Crippen LogP contribution in [0.2, 0.25) is 0 Å². The molecular formula is C25H27FN2O5. The van der Waals surface area contributed by atoms with Crippen LogP contribution < -0.4 is 5.32 Å². The van der Waals surface area contributed by atoms with Gasteiger partial charge in [-0.25, -0.2) is 14.0 Å². The standard InChI is InChI=1S/C25H27FN2O5/c1-25(2,3)33-24(31)27-20(13-17-14-28(4)21-8-6-5-7-19(17)21)23(30)32-15-22(29)16-9-11-18(26)12-10-16/h5-12,14,20H,13,15H2,1-4H3,(H,27,31)/t20-/m1/s1. The summed E-state index contributed by atoms with van der Waals surface area (Å²) in [6.07, 6.45) is 1.25. The Labute approximate surface area is 191 Å². The Balaban J connectivity index is 1.76. The lowest BCUT2D eigenvalue weighted by molar-refractivity contribution is -0.145. The summed E-state index contributed by atoms with van der Waals surface area (Å²) < 4.78 is 25.5. The molecule has 1 heterocycles. The number of rotatable bonds is 7. The molecule has 1 amide bonds. The number of aryl methyl sites for hydroxylation is 1. The van der Waals surface area contributed by atoms with Crippen molar-refractivity contribution in [2.75, 3.05) is 6.61 Å². The Kier molecular flexibility index (Phi) is 7.16. The van der Waals surface area contributed by atoms with E-state index in [9.17, 15) is 18.8 Å². The molecule has 2 aromatic carbocycles. The molecule has 0 bridgehead atoms. The first-order valence-electron chi connectivity index (χ1n) is 10.5. The number of fused-ring (bicyclic) bond motifs is 1. The van der Waals surface area contributed by atoms with E-state index < -0.39 is 41.9 Å². The summed E-state index contributed by atoms with van der Waals surface area (Å²) in [6, 6.07) is 11.6. The van der Waals surface area contributed by atoms with Gasteiger partial charge in [-0.15, -0.1) is 0 Å². The summed E-state index contributed by atoms with van der Waals surface area (Å²) in [6.45, 7) is 4.61. The minimum absolute atomic E-state index is 0.143. The van der Waals surface area contributed by atoms with Crippen LogP contribution in [0.4, 0.5) is 9.18 Å². The van der Waals surface area contributed by atoms with Crippen LogP contribution in [0.25, 0.3) is 10.9 Å². The normalized spacial score (nSPS) is 12.3. The third-order valence-electron chi connectivity index (χ3n) is 4.89. The minimum Gasteiger partial charge on any atom is -0.456 e. The van der Waals surface area contributed by atoms with E-state index in [1.54, 1.807) is 20.8 Å². The van der Waals surface area contributed by atoms with E-state index in [0.29, 0.717) is 0 Å². The van der Waals surface area contributed by atoms with Gasteiger partial charge in [0.15, 0.2) is 12.4 Å². The van der Waals surface area contributed by atoms with Gasteiger partial charge in [-0.3, -0.25) is 4.79 Å². The third-order valence-corrected chi connectivity index (χ3v) is 4.89. The number of hydrogen-bond donors (Lipinski definition) is 1. The molecule has 0 unspecified atom stereocenters. The zero-order chi connectivity index (χ0) is 24.2. The molecule has 1 aromatic heterocycles. The highest BCUT2D eigenvalue weighted by Crippen LogP contribution is 2.22. The number of nitrogens with one attached hydrogen (secondary N) is 1. The summed E-state index contributed by atoms with van der Waals surface area (Å²) in [4.78, 5) is 37.6. The number of aromatic nitrogens is 1. The molecular weight excluding hydrogens is 427 g/mol. The van der Waals surface area contributed by atoms with Gasteiger partial charge < -0.3 is 19.4 Å². The third kappa shape index (κ3) is 6.41. The number of esters is 1. The summed E-state index contributed by atoms with van der Waals surface area (Å²) >= 11 is 0. The van der Waals surface area contributed by atoms with Gasteiger partial charge in [0.1, 0.15) is 17.5 Å². The Morgan fingerprint density at radius 2 is 1.73 bits per heavy atom. The molecule has 33 heavy (non-hydrogen) atoms. The predicted octanol–water partition coefficient (Wildman–Crippen LogP) is 4.18. The minimum atomic E-state index is -1.08. The van der Waals surface area contributed by atoms with Crippen molar-refractivity contribution in [1.29, 1.82) is 0 Å². The highest BCUT2D eigenvalue weighted by atomic mass is 19.1. The van der Waals surface area contributed by atoms with Gasteiger partial charge in [-0.1, -0.05) is 18.2 Å². The molecule has 0 spiro atoms. The van der Waals surface area contributed by atoms with Gasteiger partial charge in [0.25, 0.3) is 0 Å². The maximum atomic E-state index is 13.1. The summed E-state index contributed by atoms with van der Waals surface area (Å²) in [5, 5.41) is 3.50. The fourth-order valence-corrected chi connectivity index (χ4v) is 3.41. The molecule has 0 saturated carbocycles. The molecule has 0 aliphatic rings. The molecule has 7 nitrogen and oxygen atoms in total. The second-order valence-corrected chi connectivity index (χ2v) is 8.72. The maximum absolute atomic E-state index is 13.1. The first-order valence-corrected chi connectivity index (χ1v) is 10.5. The van der Waals surface area contributed by atoms with Crippen LogP contribution in [0.15, 0.2) is 54.7 Å². The Morgan fingerprint density at radius 3 is 2.39 bits per heavy atom. The molecule has 0 saturated heterocycles. The van der Waals surface area contributed by atoms with E-state index in [1.165, 1.54) is 12.1 Å². The highest BCUT2D eigenvalue weighted by molar-refractivity contribution is 5.98. The van der Waals surface area contributed by atoms with E-state index in [0.717, 1.165) is 28.6 Å². The number of benzene rings is 2. The molecule has 0 aliphatic carbocycles. The number of halogens is 1. The number of ketones is 1. The highest BCUT2D eigenvalue weighted by Gasteiger charge is 2.27. The van der Waals surface area contributed by atoms with Gasteiger partial charge in [-0.2, -0.15) is 0 Å². The second-order valence-electron chi connectivity index (χ2n) is 8.72. The zero-order valence-electron chi connectivity index (χ0n) is 19.1. The molecule has 0 aliphatic heterocycles. The topological polar surface area (TPSA) is 86.6 Å². The molecule has 174 valence electrons.